The van der Waals surface area contributed by atoms with Crippen LogP contribution in [0, 0.1) is 15.9 Å². The maximum Gasteiger partial charge on any atom is 0.269 e. The van der Waals surface area contributed by atoms with Crippen LogP contribution in [0.25, 0.3) is 10.1 Å². The van der Waals surface area contributed by atoms with E-state index in [-0.39, 0.29) is 17.4 Å². The molecule has 0 aliphatic carbocycles. The molecule has 28 heavy (non-hydrogen) atoms. The van der Waals surface area contributed by atoms with Gasteiger partial charge in [0.1, 0.15) is 10.7 Å². The molecule has 1 amide bonds. The summed E-state index contributed by atoms with van der Waals surface area (Å²) in [7, 11) is 0. The number of thiophene rings is 1. The molecule has 1 aliphatic heterocycles. The minimum atomic E-state index is -0.430. The summed E-state index contributed by atoms with van der Waals surface area (Å²) in [6.07, 6.45) is 0. The van der Waals surface area contributed by atoms with E-state index < -0.39 is 4.92 Å². The van der Waals surface area contributed by atoms with Gasteiger partial charge >= 0.3 is 0 Å². The maximum atomic E-state index is 13.4. The number of benzene rings is 2. The van der Waals surface area contributed by atoms with Crippen LogP contribution in [0.1, 0.15) is 9.67 Å². The summed E-state index contributed by atoms with van der Waals surface area (Å²) < 4.78 is 14.1. The van der Waals surface area contributed by atoms with Crippen LogP contribution in [-0.4, -0.2) is 41.9 Å². The molecule has 2 heterocycles. The standard InChI is InChI=1S/C19H15ClFN3O3S/c20-17-15-6-1-12(21)11-16(15)28-18(17)19(25)23-9-7-22(8-10-23)13-2-4-14(5-3-13)24(26)27/h1-6,11H,7-10H2. The smallest absolute Gasteiger partial charge is 0.269 e. The van der Waals surface area contributed by atoms with E-state index in [0.717, 1.165) is 5.69 Å². The van der Waals surface area contributed by atoms with Crippen LogP contribution < -0.4 is 4.90 Å². The lowest BCUT2D eigenvalue weighted by molar-refractivity contribution is -0.384. The van der Waals surface area contributed by atoms with Crippen molar-refractivity contribution in [1.82, 2.24) is 4.90 Å². The number of hydrogen-bond acceptors (Lipinski definition) is 5. The number of fused-ring (bicyclic) bond motifs is 1. The zero-order chi connectivity index (χ0) is 19.8. The van der Waals surface area contributed by atoms with E-state index in [4.69, 9.17) is 11.6 Å². The van der Waals surface area contributed by atoms with Crippen molar-refractivity contribution in [2.24, 2.45) is 0 Å². The minimum absolute atomic E-state index is 0.0494. The normalized spacial score (nSPS) is 14.5. The van der Waals surface area contributed by atoms with Crippen molar-refractivity contribution in [3.05, 3.63) is 68.3 Å². The molecule has 9 heteroatoms. The van der Waals surface area contributed by atoms with Gasteiger partial charge in [0.25, 0.3) is 11.6 Å². The van der Waals surface area contributed by atoms with Crippen molar-refractivity contribution in [2.75, 3.05) is 31.1 Å². The molecule has 0 spiro atoms. The van der Waals surface area contributed by atoms with E-state index in [9.17, 15) is 19.3 Å². The SMILES string of the molecule is O=C(c1sc2cc(F)ccc2c1Cl)N1CCN(c2ccc([N+](=O)[O-])cc2)CC1. The highest BCUT2D eigenvalue weighted by molar-refractivity contribution is 7.21. The number of carbonyl (C=O) groups excluding carboxylic acids is 1. The first kappa shape index (κ1) is 18.6. The van der Waals surface area contributed by atoms with E-state index in [1.54, 1.807) is 23.1 Å². The van der Waals surface area contributed by atoms with Crippen molar-refractivity contribution >= 4 is 50.3 Å². The Hall–Kier alpha value is -2.71. The zero-order valence-electron chi connectivity index (χ0n) is 14.6. The predicted molar refractivity (Wildman–Crippen MR) is 108 cm³/mol. The number of amides is 1. The first-order valence-electron chi connectivity index (χ1n) is 8.60. The minimum Gasteiger partial charge on any atom is -0.368 e. The number of carbonyl (C=O) groups is 1. The lowest BCUT2D eigenvalue weighted by Gasteiger charge is -2.36. The quantitative estimate of drug-likeness (QED) is 0.461. The fraction of sp³-hybridized carbons (Fsp3) is 0.211. The van der Waals surface area contributed by atoms with E-state index >= 15 is 0 Å². The van der Waals surface area contributed by atoms with Crippen molar-refractivity contribution in [3.63, 3.8) is 0 Å². The predicted octanol–water partition coefficient (Wildman–Crippen LogP) is 4.56. The van der Waals surface area contributed by atoms with E-state index in [0.29, 0.717) is 46.2 Å². The second kappa shape index (κ2) is 7.37. The highest BCUT2D eigenvalue weighted by atomic mass is 35.5. The Morgan fingerprint density at radius 2 is 1.79 bits per heavy atom. The maximum absolute atomic E-state index is 13.4. The molecule has 0 bridgehead atoms. The summed E-state index contributed by atoms with van der Waals surface area (Å²) in [6, 6.07) is 10.7. The molecule has 1 fully saturated rings. The van der Waals surface area contributed by atoms with Gasteiger partial charge in [0.05, 0.1) is 9.95 Å². The van der Waals surface area contributed by atoms with Gasteiger partial charge in [-0.3, -0.25) is 14.9 Å². The average molecular weight is 420 g/mol. The molecule has 0 unspecified atom stereocenters. The molecular weight excluding hydrogens is 405 g/mol. The molecule has 1 aliphatic rings. The second-order valence-corrected chi connectivity index (χ2v) is 7.87. The third-order valence-electron chi connectivity index (χ3n) is 4.78. The number of rotatable bonds is 3. The number of nitro groups is 1. The van der Waals surface area contributed by atoms with Crippen molar-refractivity contribution in [2.45, 2.75) is 0 Å². The zero-order valence-corrected chi connectivity index (χ0v) is 16.2. The number of nitrogens with zero attached hydrogens (tertiary/aromatic N) is 3. The van der Waals surface area contributed by atoms with Crippen molar-refractivity contribution in [1.29, 1.82) is 0 Å². The van der Waals surface area contributed by atoms with Gasteiger partial charge in [-0.05, 0) is 30.3 Å². The number of halogens is 2. The number of anilines is 1. The lowest BCUT2D eigenvalue weighted by atomic mass is 10.2. The van der Waals surface area contributed by atoms with Crippen molar-refractivity contribution in [3.8, 4) is 0 Å². The van der Waals surface area contributed by atoms with Crippen LogP contribution in [0.4, 0.5) is 15.8 Å². The first-order chi connectivity index (χ1) is 13.4. The lowest BCUT2D eigenvalue weighted by Crippen LogP contribution is -2.48. The fourth-order valence-electron chi connectivity index (χ4n) is 3.27. The topological polar surface area (TPSA) is 66.7 Å². The van der Waals surface area contributed by atoms with Crippen molar-refractivity contribution < 1.29 is 14.1 Å². The molecule has 0 saturated carbocycles. The summed E-state index contributed by atoms with van der Waals surface area (Å²) in [5, 5.41) is 11.8. The van der Waals surface area contributed by atoms with Crippen LogP contribution in [0.5, 0.6) is 0 Å². The number of hydrogen-bond donors (Lipinski definition) is 0. The highest BCUT2D eigenvalue weighted by Gasteiger charge is 2.26. The summed E-state index contributed by atoms with van der Waals surface area (Å²) in [6.45, 7) is 2.24. The van der Waals surface area contributed by atoms with Gasteiger partial charge in [0.2, 0.25) is 0 Å². The fourth-order valence-corrected chi connectivity index (χ4v) is 4.78. The second-order valence-electron chi connectivity index (χ2n) is 6.44. The number of nitro benzene ring substituents is 1. The van der Waals surface area contributed by atoms with Crippen LogP contribution in [0.15, 0.2) is 42.5 Å². The van der Waals surface area contributed by atoms with Gasteiger partial charge in [-0.25, -0.2) is 4.39 Å². The molecule has 0 radical (unpaired) electrons. The third-order valence-corrected chi connectivity index (χ3v) is 6.42. The molecular formula is C19H15ClFN3O3S. The Labute approximate surface area is 168 Å². The van der Waals surface area contributed by atoms with E-state index in [2.05, 4.69) is 4.90 Å². The molecule has 144 valence electrons. The Morgan fingerprint density at radius 1 is 1.11 bits per heavy atom. The van der Waals surface area contributed by atoms with Crippen LogP contribution in [-0.2, 0) is 0 Å². The van der Waals surface area contributed by atoms with Crippen LogP contribution >= 0.6 is 22.9 Å². The molecule has 1 aromatic heterocycles. The van der Waals surface area contributed by atoms with Gasteiger partial charge < -0.3 is 9.80 Å². The van der Waals surface area contributed by atoms with E-state index in [1.165, 1.54) is 35.6 Å². The summed E-state index contributed by atoms with van der Waals surface area (Å²) in [4.78, 5) is 27.5. The summed E-state index contributed by atoms with van der Waals surface area (Å²) in [5.41, 5.74) is 0.932. The van der Waals surface area contributed by atoms with Gasteiger partial charge in [0.15, 0.2) is 0 Å². The molecule has 6 nitrogen and oxygen atoms in total. The largest absolute Gasteiger partial charge is 0.368 e. The first-order valence-corrected chi connectivity index (χ1v) is 9.80. The summed E-state index contributed by atoms with van der Waals surface area (Å²) in [5.74, 6) is -0.518. The highest BCUT2D eigenvalue weighted by Crippen LogP contribution is 2.36. The summed E-state index contributed by atoms with van der Waals surface area (Å²) >= 11 is 7.56. The van der Waals surface area contributed by atoms with Gasteiger partial charge in [-0.15, -0.1) is 11.3 Å². The Balaban J connectivity index is 1.47. The average Bonchev–Trinajstić information content (AvgIpc) is 3.03. The number of piperazine rings is 1. The Morgan fingerprint density at radius 3 is 2.43 bits per heavy atom. The van der Waals surface area contributed by atoms with Gasteiger partial charge in [0, 0.05) is 54.1 Å². The monoisotopic (exact) mass is 419 g/mol. The number of non-ortho nitro benzene ring substituents is 1. The van der Waals surface area contributed by atoms with E-state index in [1.807, 2.05) is 0 Å². The van der Waals surface area contributed by atoms with Crippen LogP contribution in [0.2, 0.25) is 5.02 Å². The molecule has 0 atom stereocenters. The Bertz CT molecular complexity index is 1060. The molecule has 4 rings (SSSR count). The molecule has 3 aromatic rings. The third kappa shape index (κ3) is 3.41. The van der Waals surface area contributed by atoms with Gasteiger partial charge in [-0.1, -0.05) is 11.6 Å². The Kier molecular flexibility index (Phi) is 4.91. The molecule has 1 saturated heterocycles. The molecule has 0 N–H and O–H groups in total. The molecule has 2 aromatic carbocycles. The van der Waals surface area contributed by atoms with Crippen LogP contribution in [0.3, 0.4) is 0 Å². The van der Waals surface area contributed by atoms with Gasteiger partial charge in [-0.2, -0.15) is 0 Å².